The zero-order valence-electron chi connectivity index (χ0n) is 9.70. The lowest BCUT2D eigenvalue weighted by molar-refractivity contribution is 0.534. The first-order chi connectivity index (χ1) is 7.95. The predicted molar refractivity (Wildman–Crippen MR) is 67.6 cm³/mol. The number of alkyl halides is 1. The molecule has 2 nitrogen and oxygen atoms in total. The summed E-state index contributed by atoms with van der Waals surface area (Å²) in [4.78, 5) is 0.178. The van der Waals surface area contributed by atoms with E-state index in [0.717, 1.165) is 18.6 Å². The highest BCUT2D eigenvalue weighted by Gasteiger charge is 2.15. The predicted octanol–water partition coefficient (Wildman–Crippen LogP) is 3.25. The van der Waals surface area contributed by atoms with Crippen molar-refractivity contribution in [1.29, 1.82) is 0 Å². The molecule has 0 N–H and O–H groups in total. The van der Waals surface area contributed by atoms with E-state index in [-0.39, 0.29) is 16.6 Å². The number of benzene rings is 1. The molecule has 0 amide bonds. The largest absolute Gasteiger partial charge is 0.224 e. The first-order valence-electron chi connectivity index (χ1n) is 5.50. The number of hydrogen-bond acceptors (Lipinski definition) is 2. The maximum Gasteiger partial charge on any atom is 0.178 e. The van der Waals surface area contributed by atoms with Crippen molar-refractivity contribution in [3.63, 3.8) is 0 Å². The zero-order valence-corrected chi connectivity index (χ0v) is 11.3. The molecule has 1 atom stereocenters. The Morgan fingerprint density at radius 1 is 1.24 bits per heavy atom. The highest BCUT2D eigenvalue weighted by atomic mass is 35.5. The van der Waals surface area contributed by atoms with Crippen molar-refractivity contribution < 1.29 is 12.8 Å². The molecule has 0 fully saturated rings. The van der Waals surface area contributed by atoms with Gasteiger partial charge in [0.05, 0.1) is 10.6 Å². The minimum Gasteiger partial charge on any atom is -0.224 e. The maximum atomic E-state index is 12.7. The Morgan fingerprint density at radius 2 is 1.82 bits per heavy atom. The molecule has 0 saturated carbocycles. The van der Waals surface area contributed by atoms with Crippen molar-refractivity contribution in [2.45, 2.75) is 24.7 Å². The summed E-state index contributed by atoms with van der Waals surface area (Å²) in [6, 6.07) is 4.93. The van der Waals surface area contributed by atoms with Gasteiger partial charge in [0.1, 0.15) is 5.82 Å². The summed E-state index contributed by atoms with van der Waals surface area (Å²) >= 11 is 5.59. The van der Waals surface area contributed by atoms with Gasteiger partial charge in [-0.3, -0.25) is 0 Å². The molecule has 0 aliphatic heterocycles. The van der Waals surface area contributed by atoms with Crippen LogP contribution in [0.15, 0.2) is 29.2 Å². The smallest absolute Gasteiger partial charge is 0.178 e. The molecule has 0 heterocycles. The lowest BCUT2D eigenvalue weighted by Gasteiger charge is -2.09. The van der Waals surface area contributed by atoms with Crippen LogP contribution in [0.5, 0.6) is 0 Å². The van der Waals surface area contributed by atoms with Crippen molar-refractivity contribution in [2.75, 3.05) is 11.6 Å². The average molecular weight is 279 g/mol. The molecule has 0 saturated heterocycles. The van der Waals surface area contributed by atoms with E-state index in [1.54, 1.807) is 0 Å². The van der Waals surface area contributed by atoms with Crippen molar-refractivity contribution in [2.24, 2.45) is 5.92 Å². The third kappa shape index (κ3) is 4.64. The fraction of sp³-hybridized carbons (Fsp3) is 0.500. The quantitative estimate of drug-likeness (QED) is 0.591. The number of hydrogen-bond donors (Lipinski definition) is 0. The van der Waals surface area contributed by atoms with Gasteiger partial charge in [-0.25, -0.2) is 12.8 Å². The van der Waals surface area contributed by atoms with Crippen LogP contribution in [0.25, 0.3) is 0 Å². The van der Waals surface area contributed by atoms with Gasteiger partial charge in [-0.2, -0.15) is 0 Å². The van der Waals surface area contributed by atoms with E-state index in [4.69, 9.17) is 11.6 Å². The van der Waals surface area contributed by atoms with Crippen molar-refractivity contribution in [3.8, 4) is 0 Å². The fourth-order valence-electron chi connectivity index (χ4n) is 1.45. The normalized spacial score (nSPS) is 13.6. The van der Waals surface area contributed by atoms with Crippen molar-refractivity contribution in [3.05, 3.63) is 30.1 Å². The molecule has 0 radical (unpaired) electrons. The standard InChI is InChI=1S/C12H16ClFO2S/c1-10(6-8-13)7-9-17(15,16)12-4-2-11(14)3-5-12/h2-5,10H,6-9H2,1H3. The zero-order chi connectivity index (χ0) is 12.9. The minimum absolute atomic E-state index is 0.0800. The van der Waals surface area contributed by atoms with Gasteiger partial charge in [0.25, 0.3) is 0 Å². The van der Waals surface area contributed by atoms with Crippen LogP contribution in [0, 0.1) is 11.7 Å². The molecule has 0 spiro atoms. The molecule has 17 heavy (non-hydrogen) atoms. The second-order valence-corrected chi connectivity index (χ2v) is 6.63. The summed E-state index contributed by atoms with van der Waals surface area (Å²) in [6.07, 6.45) is 1.38. The van der Waals surface area contributed by atoms with Gasteiger partial charge in [0.15, 0.2) is 9.84 Å². The van der Waals surface area contributed by atoms with E-state index < -0.39 is 15.7 Å². The Hall–Kier alpha value is -0.610. The number of sulfone groups is 1. The van der Waals surface area contributed by atoms with Gasteiger partial charge in [0, 0.05) is 5.88 Å². The van der Waals surface area contributed by atoms with E-state index in [0.29, 0.717) is 12.3 Å². The summed E-state index contributed by atoms with van der Waals surface area (Å²) in [5, 5.41) is 0. The van der Waals surface area contributed by atoms with E-state index >= 15 is 0 Å². The van der Waals surface area contributed by atoms with E-state index in [1.165, 1.54) is 12.1 Å². The molecule has 96 valence electrons. The Bertz CT molecular complexity index is 442. The molecule has 5 heteroatoms. The first kappa shape index (κ1) is 14.5. The third-order valence-electron chi connectivity index (χ3n) is 2.65. The van der Waals surface area contributed by atoms with Crippen LogP contribution in [0.4, 0.5) is 4.39 Å². The van der Waals surface area contributed by atoms with Crippen LogP contribution in [-0.4, -0.2) is 20.1 Å². The highest BCUT2D eigenvalue weighted by molar-refractivity contribution is 7.91. The molecular formula is C12H16ClFO2S. The van der Waals surface area contributed by atoms with Gasteiger partial charge < -0.3 is 0 Å². The van der Waals surface area contributed by atoms with Crippen LogP contribution in [-0.2, 0) is 9.84 Å². The molecule has 1 aromatic rings. The SMILES string of the molecule is CC(CCCl)CCS(=O)(=O)c1ccc(F)cc1. The lowest BCUT2D eigenvalue weighted by Crippen LogP contribution is -2.10. The van der Waals surface area contributed by atoms with Crippen molar-refractivity contribution in [1.82, 2.24) is 0 Å². The van der Waals surface area contributed by atoms with Gasteiger partial charge in [-0.15, -0.1) is 11.6 Å². The van der Waals surface area contributed by atoms with Crippen LogP contribution in [0.1, 0.15) is 19.8 Å². The maximum absolute atomic E-state index is 12.7. The Labute approximate surface area is 107 Å². The third-order valence-corrected chi connectivity index (χ3v) is 4.64. The molecule has 1 rings (SSSR count). The van der Waals surface area contributed by atoms with Crippen LogP contribution < -0.4 is 0 Å². The summed E-state index contributed by atoms with van der Waals surface area (Å²) in [5.74, 6) is 0.469. The van der Waals surface area contributed by atoms with Crippen molar-refractivity contribution >= 4 is 21.4 Å². The first-order valence-corrected chi connectivity index (χ1v) is 7.68. The van der Waals surface area contributed by atoms with Gasteiger partial charge in [-0.05, 0) is 43.0 Å². The van der Waals surface area contributed by atoms with Gasteiger partial charge >= 0.3 is 0 Å². The fourth-order valence-corrected chi connectivity index (χ4v) is 3.32. The molecule has 1 aromatic carbocycles. The number of halogens is 2. The Balaban J connectivity index is 2.66. The average Bonchev–Trinajstić information content (AvgIpc) is 2.28. The Morgan fingerprint density at radius 3 is 2.35 bits per heavy atom. The Kier molecular flexibility index (Phi) is 5.40. The summed E-state index contributed by atoms with van der Waals surface area (Å²) in [6.45, 7) is 1.97. The van der Waals surface area contributed by atoms with E-state index in [9.17, 15) is 12.8 Å². The summed E-state index contributed by atoms with van der Waals surface area (Å²) in [7, 11) is -3.30. The van der Waals surface area contributed by atoms with E-state index in [1.807, 2.05) is 6.92 Å². The molecule has 0 bridgehead atoms. The van der Waals surface area contributed by atoms with Crippen LogP contribution in [0.2, 0.25) is 0 Å². The van der Waals surface area contributed by atoms with Gasteiger partial charge in [0.2, 0.25) is 0 Å². The lowest BCUT2D eigenvalue weighted by atomic mass is 10.1. The topological polar surface area (TPSA) is 34.1 Å². The second-order valence-electron chi connectivity index (χ2n) is 4.14. The van der Waals surface area contributed by atoms with Crippen LogP contribution >= 0.6 is 11.6 Å². The summed E-state index contributed by atoms with van der Waals surface area (Å²) < 4.78 is 36.5. The molecule has 0 aliphatic carbocycles. The number of rotatable bonds is 6. The monoisotopic (exact) mass is 278 g/mol. The van der Waals surface area contributed by atoms with Gasteiger partial charge in [-0.1, -0.05) is 6.92 Å². The minimum atomic E-state index is -3.30. The van der Waals surface area contributed by atoms with Crippen LogP contribution in [0.3, 0.4) is 0 Å². The molecule has 0 aromatic heterocycles. The molecule has 0 aliphatic rings. The molecular weight excluding hydrogens is 263 g/mol. The van der Waals surface area contributed by atoms with E-state index in [2.05, 4.69) is 0 Å². The highest BCUT2D eigenvalue weighted by Crippen LogP contribution is 2.16. The summed E-state index contributed by atoms with van der Waals surface area (Å²) in [5.41, 5.74) is 0. The molecule has 1 unspecified atom stereocenters. The second kappa shape index (κ2) is 6.36.